The van der Waals surface area contributed by atoms with Crippen LogP contribution in [0.1, 0.15) is 36.5 Å². The lowest BCUT2D eigenvalue weighted by molar-refractivity contribution is 0.420. The van der Waals surface area contributed by atoms with Gasteiger partial charge >= 0.3 is 0 Å². The van der Waals surface area contributed by atoms with Gasteiger partial charge < -0.3 is 4.52 Å². The molecule has 0 aliphatic carbocycles. The first kappa shape index (κ1) is 12.1. The molecule has 0 spiro atoms. The highest BCUT2D eigenvalue weighted by Gasteiger charge is 2.15. The standard InChI is InChI=1S/C13H15ClN2O/c1-3-4-11(14)12-15-13(17-16-12)10-7-5-9(2)6-8-10/h5-8,11H,3-4H2,1-2H3. The maximum absolute atomic E-state index is 6.15. The van der Waals surface area contributed by atoms with Crippen molar-refractivity contribution in [1.29, 1.82) is 0 Å². The summed E-state index contributed by atoms with van der Waals surface area (Å²) in [5, 5.41) is 3.75. The van der Waals surface area contributed by atoms with Crippen LogP contribution in [0.15, 0.2) is 28.8 Å². The van der Waals surface area contributed by atoms with Gasteiger partial charge in [0.25, 0.3) is 5.89 Å². The molecule has 3 nitrogen and oxygen atoms in total. The van der Waals surface area contributed by atoms with Crippen molar-refractivity contribution in [3.05, 3.63) is 35.7 Å². The minimum absolute atomic E-state index is 0.164. The van der Waals surface area contributed by atoms with Crippen LogP contribution in [-0.4, -0.2) is 10.1 Å². The molecule has 1 unspecified atom stereocenters. The lowest BCUT2D eigenvalue weighted by Crippen LogP contribution is -1.92. The van der Waals surface area contributed by atoms with Gasteiger partial charge in [-0.25, -0.2) is 0 Å². The third-order valence-corrected chi connectivity index (χ3v) is 2.98. The first-order valence-electron chi connectivity index (χ1n) is 5.75. The van der Waals surface area contributed by atoms with Crippen LogP contribution in [0.4, 0.5) is 0 Å². The van der Waals surface area contributed by atoms with E-state index in [0.29, 0.717) is 11.7 Å². The van der Waals surface area contributed by atoms with Crippen molar-refractivity contribution in [3.8, 4) is 11.5 Å². The molecular weight excluding hydrogens is 236 g/mol. The number of aryl methyl sites for hydroxylation is 1. The Hall–Kier alpha value is -1.35. The molecule has 1 aromatic carbocycles. The van der Waals surface area contributed by atoms with Crippen molar-refractivity contribution >= 4 is 11.6 Å². The highest BCUT2D eigenvalue weighted by atomic mass is 35.5. The average molecular weight is 251 g/mol. The van der Waals surface area contributed by atoms with Crippen molar-refractivity contribution in [2.75, 3.05) is 0 Å². The van der Waals surface area contributed by atoms with Gasteiger partial charge in [-0.05, 0) is 25.5 Å². The third-order valence-electron chi connectivity index (χ3n) is 2.56. The summed E-state index contributed by atoms with van der Waals surface area (Å²) >= 11 is 6.15. The Labute approximate surface area is 106 Å². The summed E-state index contributed by atoms with van der Waals surface area (Å²) in [5.41, 5.74) is 2.13. The Morgan fingerprint density at radius 1 is 1.29 bits per heavy atom. The van der Waals surface area contributed by atoms with E-state index in [2.05, 4.69) is 17.1 Å². The van der Waals surface area contributed by atoms with E-state index in [1.165, 1.54) is 5.56 Å². The van der Waals surface area contributed by atoms with Crippen molar-refractivity contribution in [1.82, 2.24) is 10.1 Å². The van der Waals surface area contributed by atoms with E-state index in [0.717, 1.165) is 18.4 Å². The van der Waals surface area contributed by atoms with Crippen molar-refractivity contribution in [2.24, 2.45) is 0 Å². The van der Waals surface area contributed by atoms with E-state index in [-0.39, 0.29) is 5.38 Å². The van der Waals surface area contributed by atoms with Crippen molar-refractivity contribution < 1.29 is 4.52 Å². The summed E-state index contributed by atoms with van der Waals surface area (Å²) < 4.78 is 5.21. The fraction of sp³-hybridized carbons (Fsp3) is 0.385. The molecule has 0 N–H and O–H groups in total. The Morgan fingerprint density at radius 2 is 2.00 bits per heavy atom. The molecule has 1 atom stereocenters. The van der Waals surface area contributed by atoms with E-state index in [9.17, 15) is 0 Å². The molecule has 2 rings (SSSR count). The van der Waals surface area contributed by atoms with Crippen molar-refractivity contribution in [3.63, 3.8) is 0 Å². The minimum atomic E-state index is -0.164. The zero-order valence-corrected chi connectivity index (χ0v) is 10.7. The summed E-state index contributed by atoms with van der Waals surface area (Å²) in [6, 6.07) is 7.97. The maximum Gasteiger partial charge on any atom is 0.257 e. The predicted octanol–water partition coefficient (Wildman–Crippen LogP) is 4.13. The van der Waals surface area contributed by atoms with Crippen LogP contribution in [0.25, 0.3) is 11.5 Å². The summed E-state index contributed by atoms with van der Waals surface area (Å²) in [5.74, 6) is 1.10. The molecule has 4 heteroatoms. The molecular formula is C13H15ClN2O. The van der Waals surface area contributed by atoms with Gasteiger partial charge in [0.1, 0.15) is 0 Å². The maximum atomic E-state index is 6.15. The van der Waals surface area contributed by atoms with E-state index in [1.807, 2.05) is 31.2 Å². The second kappa shape index (κ2) is 5.32. The Balaban J connectivity index is 2.20. The number of alkyl halides is 1. The molecule has 0 saturated carbocycles. The zero-order valence-electron chi connectivity index (χ0n) is 9.98. The molecule has 0 aliphatic rings. The Bertz CT molecular complexity index is 478. The van der Waals surface area contributed by atoms with Gasteiger partial charge in [-0.3, -0.25) is 0 Å². The summed E-state index contributed by atoms with van der Waals surface area (Å²) in [6.45, 7) is 4.12. The number of halogens is 1. The predicted molar refractivity (Wildman–Crippen MR) is 68.0 cm³/mol. The summed E-state index contributed by atoms with van der Waals surface area (Å²) in [7, 11) is 0. The summed E-state index contributed by atoms with van der Waals surface area (Å²) in [6.07, 6.45) is 1.86. The molecule has 2 aromatic rings. The van der Waals surface area contributed by atoms with E-state index < -0.39 is 0 Å². The second-order valence-corrected chi connectivity index (χ2v) is 4.61. The fourth-order valence-corrected chi connectivity index (χ4v) is 1.86. The molecule has 0 saturated heterocycles. The number of benzene rings is 1. The van der Waals surface area contributed by atoms with Crippen LogP contribution < -0.4 is 0 Å². The van der Waals surface area contributed by atoms with Crippen LogP contribution in [0.2, 0.25) is 0 Å². The zero-order chi connectivity index (χ0) is 12.3. The molecule has 0 fully saturated rings. The molecule has 1 heterocycles. The molecule has 17 heavy (non-hydrogen) atoms. The van der Waals surface area contributed by atoms with Gasteiger partial charge in [-0.2, -0.15) is 4.98 Å². The largest absolute Gasteiger partial charge is 0.334 e. The van der Waals surface area contributed by atoms with Gasteiger partial charge in [-0.1, -0.05) is 36.2 Å². The number of rotatable bonds is 4. The first-order valence-corrected chi connectivity index (χ1v) is 6.19. The first-order chi connectivity index (χ1) is 8.20. The quantitative estimate of drug-likeness (QED) is 0.766. The van der Waals surface area contributed by atoms with Gasteiger partial charge in [0.15, 0.2) is 5.82 Å². The van der Waals surface area contributed by atoms with Crippen LogP contribution >= 0.6 is 11.6 Å². The minimum Gasteiger partial charge on any atom is -0.334 e. The van der Waals surface area contributed by atoms with Crippen LogP contribution in [-0.2, 0) is 0 Å². The van der Waals surface area contributed by atoms with Gasteiger partial charge in [0, 0.05) is 5.56 Å². The van der Waals surface area contributed by atoms with Crippen molar-refractivity contribution in [2.45, 2.75) is 32.1 Å². The molecule has 0 radical (unpaired) electrons. The van der Waals surface area contributed by atoms with Crippen LogP contribution in [0.3, 0.4) is 0 Å². The monoisotopic (exact) mass is 250 g/mol. The lowest BCUT2D eigenvalue weighted by atomic mass is 10.1. The van der Waals surface area contributed by atoms with Gasteiger partial charge in [0.05, 0.1) is 5.38 Å². The third kappa shape index (κ3) is 2.86. The molecule has 0 aliphatic heterocycles. The highest BCUT2D eigenvalue weighted by Crippen LogP contribution is 2.25. The number of hydrogen-bond acceptors (Lipinski definition) is 3. The lowest BCUT2D eigenvalue weighted by Gasteiger charge is -1.99. The molecule has 0 amide bonds. The van der Waals surface area contributed by atoms with Gasteiger partial charge in [0.2, 0.25) is 0 Å². The smallest absolute Gasteiger partial charge is 0.257 e. The molecule has 0 bridgehead atoms. The van der Waals surface area contributed by atoms with E-state index in [1.54, 1.807) is 0 Å². The Kier molecular flexibility index (Phi) is 3.79. The topological polar surface area (TPSA) is 38.9 Å². The van der Waals surface area contributed by atoms with E-state index in [4.69, 9.17) is 16.1 Å². The fourth-order valence-electron chi connectivity index (χ4n) is 1.56. The number of aromatic nitrogens is 2. The highest BCUT2D eigenvalue weighted by molar-refractivity contribution is 6.20. The molecule has 1 aromatic heterocycles. The number of nitrogens with zero attached hydrogens (tertiary/aromatic N) is 2. The summed E-state index contributed by atoms with van der Waals surface area (Å²) in [4.78, 5) is 4.32. The average Bonchev–Trinajstić information content (AvgIpc) is 2.80. The van der Waals surface area contributed by atoms with Crippen LogP contribution in [0.5, 0.6) is 0 Å². The normalized spacial score (nSPS) is 12.6. The Morgan fingerprint density at radius 3 is 2.65 bits per heavy atom. The second-order valence-electron chi connectivity index (χ2n) is 4.08. The SMILES string of the molecule is CCCC(Cl)c1noc(-c2ccc(C)cc2)n1. The number of hydrogen-bond donors (Lipinski definition) is 0. The van der Waals surface area contributed by atoms with Crippen LogP contribution in [0, 0.1) is 6.92 Å². The molecule has 90 valence electrons. The van der Waals surface area contributed by atoms with Gasteiger partial charge in [-0.15, -0.1) is 11.6 Å². The van der Waals surface area contributed by atoms with E-state index >= 15 is 0 Å².